The molecule has 3 nitrogen and oxygen atoms in total. The zero-order chi connectivity index (χ0) is 15.2. The molecule has 106 valence electrons. The first-order valence-electron chi connectivity index (χ1n) is 6.63. The van der Waals surface area contributed by atoms with Gasteiger partial charge in [0.05, 0.1) is 11.6 Å². The second-order valence-corrected chi connectivity index (χ2v) is 4.82. The van der Waals surface area contributed by atoms with Crippen molar-refractivity contribution in [2.75, 3.05) is 5.32 Å². The van der Waals surface area contributed by atoms with Crippen LogP contribution in [0.4, 0.5) is 10.1 Å². The predicted molar refractivity (Wildman–Crippen MR) is 79.2 cm³/mol. The molecule has 0 unspecified atom stereocenters. The summed E-state index contributed by atoms with van der Waals surface area (Å²) in [6.07, 6.45) is 0.931. The van der Waals surface area contributed by atoms with Gasteiger partial charge in [-0.2, -0.15) is 5.26 Å². The Hall–Kier alpha value is -2.67. The van der Waals surface area contributed by atoms with Crippen LogP contribution >= 0.6 is 0 Å². The van der Waals surface area contributed by atoms with E-state index in [1.165, 1.54) is 12.1 Å². The summed E-state index contributed by atoms with van der Waals surface area (Å²) in [6.45, 7) is 1.75. The first kappa shape index (κ1) is 14.7. The Morgan fingerprint density at radius 1 is 1.24 bits per heavy atom. The Bertz CT molecular complexity index is 687. The van der Waals surface area contributed by atoms with Crippen LogP contribution in [0.5, 0.6) is 0 Å². The quantitative estimate of drug-likeness (QED) is 0.932. The van der Waals surface area contributed by atoms with Crippen LogP contribution in [0.15, 0.2) is 42.5 Å². The zero-order valence-corrected chi connectivity index (χ0v) is 11.7. The normalized spacial score (nSPS) is 9.95. The van der Waals surface area contributed by atoms with Crippen molar-refractivity contribution in [1.82, 2.24) is 0 Å². The molecule has 0 radical (unpaired) electrons. The van der Waals surface area contributed by atoms with Gasteiger partial charge in [-0.1, -0.05) is 12.1 Å². The smallest absolute Gasteiger partial charge is 0.224 e. The Labute approximate surface area is 123 Å². The lowest BCUT2D eigenvalue weighted by Gasteiger charge is -2.08. The van der Waals surface area contributed by atoms with E-state index < -0.39 is 0 Å². The van der Waals surface area contributed by atoms with Gasteiger partial charge in [-0.3, -0.25) is 4.79 Å². The van der Waals surface area contributed by atoms with Gasteiger partial charge in [-0.25, -0.2) is 4.39 Å². The van der Waals surface area contributed by atoms with Gasteiger partial charge in [0.2, 0.25) is 5.91 Å². The Morgan fingerprint density at radius 2 is 1.95 bits per heavy atom. The molecule has 0 saturated heterocycles. The lowest BCUT2D eigenvalue weighted by atomic mass is 10.1. The summed E-state index contributed by atoms with van der Waals surface area (Å²) in [5.41, 5.74) is 2.92. The molecule has 1 N–H and O–H groups in total. The van der Waals surface area contributed by atoms with Crippen molar-refractivity contribution in [1.29, 1.82) is 5.26 Å². The summed E-state index contributed by atoms with van der Waals surface area (Å²) in [5, 5.41) is 11.5. The van der Waals surface area contributed by atoms with Gasteiger partial charge in [0.25, 0.3) is 0 Å². The number of aryl methyl sites for hydroxylation is 2. The third kappa shape index (κ3) is 4.15. The van der Waals surface area contributed by atoms with E-state index in [1.807, 2.05) is 12.1 Å². The van der Waals surface area contributed by atoms with Gasteiger partial charge in [0.1, 0.15) is 5.82 Å². The van der Waals surface area contributed by atoms with Crippen LogP contribution in [0.3, 0.4) is 0 Å². The molecule has 0 aliphatic carbocycles. The molecule has 0 saturated carbocycles. The summed E-state index contributed by atoms with van der Waals surface area (Å²) in [5.74, 6) is -0.433. The minimum atomic E-state index is -0.317. The van der Waals surface area contributed by atoms with Gasteiger partial charge in [0.15, 0.2) is 0 Å². The topological polar surface area (TPSA) is 52.9 Å². The van der Waals surface area contributed by atoms with Crippen molar-refractivity contribution in [3.05, 3.63) is 65.0 Å². The van der Waals surface area contributed by atoms with Crippen molar-refractivity contribution in [2.24, 2.45) is 0 Å². The average Bonchev–Trinajstić information content (AvgIpc) is 2.48. The number of nitriles is 1. The number of halogens is 1. The molecule has 0 aliphatic rings. The molecule has 1 amide bonds. The standard InChI is InChI=1S/C17H15FN2O/c1-12-10-15(18)7-8-16(12)20-17(21)9-6-13-2-4-14(11-19)5-3-13/h2-5,7-8,10H,6,9H2,1H3,(H,20,21). The Kier molecular flexibility index (Phi) is 4.68. The van der Waals surface area contributed by atoms with Gasteiger partial charge < -0.3 is 5.32 Å². The fraction of sp³-hybridized carbons (Fsp3) is 0.176. The summed E-state index contributed by atoms with van der Waals surface area (Å²) >= 11 is 0. The molecule has 2 rings (SSSR count). The third-order valence-electron chi connectivity index (χ3n) is 3.19. The molecular weight excluding hydrogens is 267 g/mol. The molecule has 0 atom stereocenters. The number of nitrogens with one attached hydrogen (secondary N) is 1. The van der Waals surface area contributed by atoms with E-state index in [0.717, 1.165) is 5.56 Å². The zero-order valence-electron chi connectivity index (χ0n) is 11.7. The SMILES string of the molecule is Cc1cc(F)ccc1NC(=O)CCc1ccc(C#N)cc1. The number of hydrogen-bond acceptors (Lipinski definition) is 2. The van der Waals surface area contributed by atoms with E-state index in [0.29, 0.717) is 29.7 Å². The molecular formula is C17H15FN2O. The van der Waals surface area contributed by atoms with E-state index in [1.54, 1.807) is 25.1 Å². The molecule has 0 heterocycles. The average molecular weight is 282 g/mol. The van der Waals surface area contributed by atoms with Gasteiger partial charge in [0, 0.05) is 12.1 Å². The maximum Gasteiger partial charge on any atom is 0.224 e. The maximum atomic E-state index is 13.0. The highest BCUT2D eigenvalue weighted by Crippen LogP contribution is 2.16. The third-order valence-corrected chi connectivity index (χ3v) is 3.19. The molecule has 2 aromatic rings. The molecule has 4 heteroatoms. The predicted octanol–water partition coefficient (Wildman–Crippen LogP) is 3.58. The summed E-state index contributed by atoms with van der Waals surface area (Å²) in [4.78, 5) is 11.9. The summed E-state index contributed by atoms with van der Waals surface area (Å²) < 4.78 is 13.0. The van der Waals surface area contributed by atoms with Gasteiger partial charge in [-0.15, -0.1) is 0 Å². The van der Waals surface area contributed by atoms with Crippen LogP contribution in [-0.4, -0.2) is 5.91 Å². The molecule has 0 aromatic heterocycles. The Balaban J connectivity index is 1.91. The van der Waals surface area contributed by atoms with E-state index in [2.05, 4.69) is 11.4 Å². The monoisotopic (exact) mass is 282 g/mol. The number of rotatable bonds is 4. The van der Waals surface area contributed by atoms with Crippen molar-refractivity contribution >= 4 is 11.6 Å². The molecule has 0 spiro atoms. The maximum absolute atomic E-state index is 13.0. The number of anilines is 1. The van der Waals surface area contributed by atoms with Crippen LogP contribution in [0, 0.1) is 24.1 Å². The molecule has 21 heavy (non-hydrogen) atoms. The minimum Gasteiger partial charge on any atom is -0.326 e. The molecule has 0 fully saturated rings. The first-order chi connectivity index (χ1) is 10.1. The number of carbonyl (C=O) groups is 1. The molecule has 2 aromatic carbocycles. The van der Waals surface area contributed by atoms with E-state index in [4.69, 9.17) is 5.26 Å². The molecule has 0 bridgehead atoms. The highest BCUT2D eigenvalue weighted by atomic mass is 19.1. The van der Waals surface area contributed by atoms with Crippen LogP contribution < -0.4 is 5.32 Å². The number of nitrogens with zero attached hydrogens (tertiary/aromatic N) is 1. The summed E-state index contributed by atoms with van der Waals surface area (Å²) in [7, 11) is 0. The number of hydrogen-bond donors (Lipinski definition) is 1. The number of carbonyl (C=O) groups excluding carboxylic acids is 1. The highest BCUT2D eigenvalue weighted by Gasteiger charge is 2.06. The fourth-order valence-electron chi connectivity index (χ4n) is 1.98. The van der Waals surface area contributed by atoms with Crippen molar-refractivity contribution in [3.63, 3.8) is 0 Å². The van der Waals surface area contributed by atoms with Crippen LogP contribution in [0.1, 0.15) is 23.1 Å². The van der Waals surface area contributed by atoms with Crippen molar-refractivity contribution < 1.29 is 9.18 Å². The van der Waals surface area contributed by atoms with Crippen LogP contribution in [-0.2, 0) is 11.2 Å². The lowest BCUT2D eigenvalue weighted by Crippen LogP contribution is -2.13. The first-order valence-corrected chi connectivity index (χ1v) is 6.63. The lowest BCUT2D eigenvalue weighted by molar-refractivity contribution is -0.116. The minimum absolute atomic E-state index is 0.117. The fourth-order valence-corrected chi connectivity index (χ4v) is 1.98. The van der Waals surface area contributed by atoms with Crippen LogP contribution in [0.25, 0.3) is 0 Å². The van der Waals surface area contributed by atoms with Gasteiger partial charge in [-0.05, 0) is 54.8 Å². The Morgan fingerprint density at radius 3 is 2.57 bits per heavy atom. The van der Waals surface area contributed by atoms with Crippen molar-refractivity contribution in [2.45, 2.75) is 19.8 Å². The van der Waals surface area contributed by atoms with E-state index >= 15 is 0 Å². The van der Waals surface area contributed by atoms with E-state index in [9.17, 15) is 9.18 Å². The second-order valence-electron chi connectivity index (χ2n) is 4.82. The number of amides is 1. The largest absolute Gasteiger partial charge is 0.326 e. The van der Waals surface area contributed by atoms with Gasteiger partial charge >= 0.3 is 0 Å². The number of benzene rings is 2. The van der Waals surface area contributed by atoms with Crippen molar-refractivity contribution in [3.8, 4) is 6.07 Å². The highest BCUT2D eigenvalue weighted by molar-refractivity contribution is 5.91. The summed E-state index contributed by atoms with van der Waals surface area (Å²) in [6, 6.07) is 13.5. The molecule has 0 aliphatic heterocycles. The van der Waals surface area contributed by atoms with E-state index in [-0.39, 0.29) is 11.7 Å². The van der Waals surface area contributed by atoms with Crippen LogP contribution in [0.2, 0.25) is 0 Å². The second kappa shape index (κ2) is 6.67.